The third-order valence-electron chi connectivity index (χ3n) is 6.11. The molecular formula is C36H51BrN2O. The van der Waals surface area contributed by atoms with Crippen LogP contribution in [0, 0.1) is 6.92 Å². The Morgan fingerprint density at radius 1 is 1.02 bits per heavy atom. The summed E-state index contributed by atoms with van der Waals surface area (Å²) in [5.41, 5.74) is 4.45. The highest BCUT2D eigenvalue weighted by Crippen LogP contribution is 2.25. The van der Waals surface area contributed by atoms with Crippen molar-refractivity contribution in [1.29, 1.82) is 0 Å². The number of pyridine rings is 2. The third-order valence-corrected chi connectivity index (χ3v) is 6.58. The van der Waals surface area contributed by atoms with Gasteiger partial charge in [0.15, 0.2) is 0 Å². The average molecular weight is 608 g/mol. The van der Waals surface area contributed by atoms with Crippen molar-refractivity contribution in [1.82, 2.24) is 9.97 Å². The lowest BCUT2D eigenvalue weighted by Crippen LogP contribution is -2.26. The minimum atomic E-state index is 0.388. The van der Waals surface area contributed by atoms with Gasteiger partial charge in [0.25, 0.3) is 0 Å². The van der Waals surface area contributed by atoms with E-state index >= 15 is 0 Å². The summed E-state index contributed by atoms with van der Waals surface area (Å²) in [6.45, 7) is 23.7. The second-order valence-electron chi connectivity index (χ2n) is 9.72. The smallest absolute Gasteiger partial charge is 0.118 e. The molecular weight excluding hydrogens is 556 g/mol. The summed E-state index contributed by atoms with van der Waals surface area (Å²) in [6.07, 6.45) is 15.5. The first-order valence-electron chi connectivity index (χ1n) is 14.3. The molecule has 0 spiro atoms. The van der Waals surface area contributed by atoms with Gasteiger partial charge in [0.1, 0.15) is 5.75 Å². The Bertz CT molecular complexity index is 1210. The Labute approximate surface area is 252 Å². The molecule has 2 heterocycles. The normalized spacial score (nSPS) is 10.3. The van der Waals surface area contributed by atoms with Crippen LogP contribution in [0.15, 0.2) is 84.1 Å². The van der Waals surface area contributed by atoms with Gasteiger partial charge in [0.05, 0.1) is 0 Å². The first kappa shape index (κ1) is 37.0. The lowest BCUT2D eigenvalue weighted by molar-refractivity contribution is 0.468. The van der Waals surface area contributed by atoms with Gasteiger partial charge in [-0.25, -0.2) is 0 Å². The van der Waals surface area contributed by atoms with Crippen LogP contribution in [-0.2, 0) is 6.42 Å². The number of phenolic OH excluding ortho intramolecular Hbond substituents is 1. The zero-order chi connectivity index (χ0) is 30.3. The number of allylic oxidation sites excluding steroid dienone is 2. The molecule has 40 heavy (non-hydrogen) atoms. The van der Waals surface area contributed by atoms with Gasteiger partial charge < -0.3 is 5.11 Å². The Balaban J connectivity index is 0.000000540. The molecule has 0 radical (unpaired) electrons. The van der Waals surface area contributed by atoms with Crippen LogP contribution in [0.5, 0.6) is 5.75 Å². The first-order chi connectivity index (χ1) is 19.1. The van der Waals surface area contributed by atoms with E-state index in [4.69, 9.17) is 0 Å². The molecule has 1 N–H and O–H groups in total. The molecule has 0 aliphatic carbocycles. The fraction of sp³-hybridized carbons (Fsp3) is 0.389. The molecule has 0 bridgehead atoms. The second kappa shape index (κ2) is 22.8. The lowest BCUT2D eigenvalue weighted by Gasteiger charge is -2.14. The summed E-state index contributed by atoms with van der Waals surface area (Å²) < 4.78 is 1.06. The number of rotatable bonds is 9. The summed E-state index contributed by atoms with van der Waals surface area (Å²) in [5, 5.41) is 11.6. The zero-order valence-corrected chi connectivity index (χ0v) is 27.3. The molecule has 0 fully saturated rings. The Morgan fingerprint density at radius 2 is 1.65 bits per heavy atom. The topological polar surface area (TPSA) is 46.0 Å². The van der Waals surface area contributed by atoms with Gasteiger partial charge in [0.2, 0.25) is 0 Å². The number of halogens is 1. The molecule has 3 rings (SSSR count). The molecule has 3 aromatic rings. The molecule has 218 valence electrons. The highest BCUT2D eigenvalue weighted by Gasteiger charge is 2.10. The fourth-order valence-electron chi connectivity index (χ4n) is 3.86. The van der Waals surface area contributed by atoms with E-state index in [1.165, 1.54) is 31.4 Å². The van der Waals surface area contributed by atoms with Gasteiger partial charge in [-0.1, -0.05) is 76.1 Å². The number of aromatic hydroxyl groups is 1. The minimum Gasteiger partial charge on any atom is -0.508 e. The van der Waals surface area contributed by atoms with E-state index in [0.29, 0.717) is 11.7 Å². The van der Waals surface area contributed by atoms with Crippen LogP contribution in [0.2, 0.25) is 0 Å². The van der Waals surface area contributed by atoms with Crippen molar-refractivity contribution < 1.29 is 5.11 Å². The second-order valence-corrected chi connectivity index (χ2v) is 10.6. The molecule has 1 aromatic carbocycles. The van der Waals surface area contributed by atoms with E-state index < -0.39 is 0 Å². The van der Waals surface area contributed by atoms with Crippen molar-refractivity contribution in [2.75, 3.05) is 0 Å². The number of para-hydroxylation sites is 1. The fourth-order valence-corrected chi connectivity index (χ4v) is 4.10. The van der Waals surface area contributed by atoms with Crippen LogP contribution in [0.3, 0.4) is 0 Å². The van der Waals surface area contributed by atoms with Crippen molar-refractivity contribution in [3.05, 3.63) is 112 Å². The Kier molecular flexibility index (Phi) is 21.1. The molecule has 0 atom stereocenters. The van der Waals surface area contributed by atoms with Crippen LogP contribution in [0.1, 0.15) is 96.0 Å². The van der Waals surface area contributed by atoms with E-state index in [2.05, 4.69) is 78.5 Å². The predicted octanol–water partition coefficient (Wildman–Crippen LogP) is 9.61. The summed E-state index contributed by atoms with van der Waals surface area (Å²) in [7, 11) is 0. The number of benzene rings is 1. The van der Waals surface area contributed by atoms with Crippen molar-refractivity contribution in [2.24, 2.45) is 0 Å². The molecule has 3 nitrogen and oxygen atoms in total. The van der Waals surface area contributed by atoms with Crippen molar-refractivity contribution in [2.45, 2.75) is 92.4 Å². The Hall–Kier alpha value is -2.98. The maximum atomic E-state index is 9.39. The monoisotopic (exact) mass is 606 g/mol. The number of hydrogen-bond donors (Lipinski definition) is 1. The average Bonchev–Trinajstić information content (AvgIpc) is 2.94. The van der Waals surface area contributed by atoms with Crippen LogP contribution in [0.4, 0.5) is 0 Å². The molecule has 0 amide bonds. The number of nitrogens with zero attached hydrogens (tertiary/aromatic N) is 2. The standard InChI is InChI=1S/C12H18BrN.C11H14O.C9H11N.C4H8/c1-3-5-10(6-4-2)12-8-7-11(13)9-14-12;1-9(2)7-8-10-5-3-4-6-11(10)12;1-4-9-7(2)5-6-10-8(9)3;1-3-4-2/h7-10H,3-6H2,1-2H3;3-6,12H,1,7-8H2,2H3;4-6H,2H2,1,3H3;3H,1,4H2,2H3/b;;9-4+;. The van der Waals surface area contributed by atoms with Gasteiger partial charge in [-0.05, 0) is 109 Å². The van der Waals surface area contributed by atoms with Crippen molar-refractivity contribution in [3.8, 4) is 5.75 Å². The predicted molar refractivity (Wildman–Crippen MR) is 180 cm³/mol. The number of aryl methyl sites for hydroxylation is 2. The van der Waals surface area contributed by atoms with Gasteiger partial charge in [-0.2, -0.15) is 0 Å². The van der Waals surface area contributed by atoms with E-state index in [-0.39, 0.29) is 0 Å². The summed E-state index contributed by atoms with van der Waals surface area (Å²) in [5.74, 6) is 1.04. The van der Waals surface area contributed by atoms with Gasteiger partial charge in [0, 0.05) is 34.2 Å². The van der Waals surface area contributed by atoms with Crippen LogP contribution in [0.25, 0.3) is 12.7 Å². The molecule has 0 aliphatic heterocycles. The maximum absolute atomic E-state index is 9.39. The summed E-state index contributed by atoms with van der Waals surface area (Å²) >= 11 is 3.41. The van der Waals surface area contributed by atoms with Crippen LogP contribution >= 0.6 is 15.9 Å². The number of hydrogen-bond acceptors (Lipinski definition) is 3. The van der Waals surface area contributed by atoms with E-state index in [0.717, 1.165) is 51.0 Å². The molecule has 0 aliphatic rings. The van der Waals surface area contributed by atoms with Gasteiger partial charge >= 0.3 is 0 Å². The van der Waals surface area contributed by atoms with E-state index in [1.54, 1.807) is 12.3 Å². The van der Waals surface area contributed by atoms with Gasteiger partial charge in [-0.3, -0.25) is 9.97 Å². The Morgan fingerprint density at radius 3 is 2.08 bits per heavy atom. The molecule has 0 unspecified atom stereocenters. The van der Waals surface area contributed by atoms with E-state index in [1.807, 2.05) is 63.4 Å². The third kappa shape index (κ3) is 16.2. The van der Waals surface area contributed by atoms with Crippen molar-refractivity contribution >= 4 is 28.6 Å². The number of phenols is 1. The lowest BCUT2D eigenvalue weighted by atomic mass is 9.94. The van der Waals surface area contributed by atoms with E-state index in [9.17, 15) is 5.11 Å². The SMILES string of the molecule is C=C(C)CCc1ccccc1O.C=CCC.C=c1ccnc(C)/c1=C/C.CCCC(CCC)c1ccc(Br)cn1. The molecule has 4 heteroatoms. The largest absolute Gasteiger partial charge is 0.508 e. The molecule has 2 aromatic heterocycles. The maximum Gasteiger partial charge on any atom is 0.118 e. The summed E-state index contributed by atoms with van der Waals surface area (Å²) in [6, 6.07) is 13.6. The van der Waals surface area contributed by atoms with Crippen molar-refractivity contribution in [3.63, 3.8) is 0 Å². The highest BCUT2D eigenvalue weighted by molar-refractivity contribution is 9.10. The molecule has 0 saturated heterocycles. The number of aromatic nitrogens is 2. The quantitative estimate of drug-likeness (QED) is 0.247. The highest BCUT2D eigenvalue weighted by atomic mass is 79.9. The zero-order valence-electron chi connectivity index (χ0n) is 25.7. The molecule has 0 saturated carbocycles. The minimum absolute atomic E-state index is 0.388. The summed E-state index contributed by atoms with van der Waals surface area (Å²) in [4.78, 5) is 8.61. The van der Waals surface area contributed by atoms with Gasteiger partial charge in [-0.15, -0.1) is 13.2 Å². The first-order valence-corrected chi connectivity index (χ1v) is 15.1. The van der Waals surface area contributed by atoms with Crippen LogP contribution < -0.4 is 10.4 Å². The van der Waals surface area contributed by atoms with Crippen LogP contribution in [-0.4, -0.2) is 15.1 Å².